The number of aromatic carboxylic acids is 2. The predicted octanol–water partition coefficient (Wildman–Crippen LogP) is 12.9. The van der Waals surface area contributed by atoms with E-state index in [1.54, 1.807) is 96.1 Å². The van der Waals surface area contributed by atoms with Crippen LogP contribution in [0.15, 0.2) is 158 Å². The number of nitrogens with zero attached hydrogens (tertiary/aromatic N) is 5. The average Bonchev–Trinajstić information content (AvgIpc) is 0.835. The molecule has 0 aliphatic rings. The highest BCUT2D eigenvalue weighted by atomic mass is 16.7. The Morgan fingerprint density at radius 2 is 0.555 bits per heavy atom. The summed E-state index contributed by atoms with van der Waals surface area (Å²) in [7, 11) is 5.02. The van der Waals surface area contributed by atoms with Crippen molar-refractivity contribution in [3.8, 4) is 34.5 Å². The molecule has 0 radical (unpaired) electrons. The van der Waals surface area contributed by atoms with Crippen LogP contribution in [-0.2, 0) is 18.9 Å². The van der Waals surface area contributed by atoms with Crippen LogP contribution in [0.5, 0.6) is 34.5 Å². The number of nitrogen functional groups attached to an aromatic ring is 1. The first kappa shape index (κ1) is 89.3. The third kappa shape index (κ3) is 28.3. The number of carbonyl (C=O) groups excluding carboxylic acids is 6. The number of carbonyl (C=O) groups is 8. The number of rotatable bonds is 23. The van der Waals surface area contributed by atoms with Gasteiger partial charge in [-0.15, -0.1) is 0 Å². The maximum absolute atomic E-state index is 12.4. The van der Waals surface area contributed by atoms with Gasteiger partial charge in [0.25, 0.3) is 11.8 Å². The number of amides is 2. The van der Waals surface area contributed by atoms with Gasteiger partial charge >= 0.3 is 64.3 Å². The maximum atomic E-state index is 12.4. The van der Waals surface area contributed by atoms with E-state index >= 15 is 0 Å². The summed E-state index contributed by atoms with van der Waals surface area (Å²) in [5, 5.41) is 93.8. The van der Waals surface area contributed by atoms with Crippen LogP contribution in [0.1, 0.15) is 138 Å². The van der Waals surface area contributed by atoms with Crippen LogP contribution in [-0.4, -0.2) is 146 Å². The highest BCUT2D eigenvalue weighted by Gasteiger charge is 2.24. The minimum Gasteiger partial charge on any atom is -0.502 e. The zero-order valence-corrected chi connectivity index (χ0v) is 60.5. The van der Waals surface area contributed by atoms with Crippen molar-refractivity contribution in [2.75, 3.05) is 44.8 Å². The van der Waals surface area contributed by atoms with Crippen LogP contribution in [0.3, 0.4) is 0 Å². The van der Waals surface area contributed by atoms with Crippen LogP contribution in [0.25, 0.3) is 0 Å². The monoisotopic (exact) mass is 1530 g/mol. The maximum Gasteiger partial charge on any atom is 0.337 e. The van der Waals surface area contributed by atoms with Crippen molar-refractivity contribution in [1.29, 1.82) is 0 Å². The van der Waals surface area contributed by atoms with Crippen molar-refractivity contribution in [3.63, 3.8) is 0 Å². The molecular weight excluding hydrogens is 1460 g/mol. The van der Waals surface area contributed by atoms with Crippen LogP contribution in [0.4, 0.5) is 45.5 Å². The molecule has 0 heterocycles. The van der Waals surface area contributed by atoms with Gasteiger partial charge in [-0.1, -0.05) is 0 Å². The molecule has 8 N–H and O–H groups in total. The molecule has 0 spiro atoms. The van der Waals surface area contributed by atoms with Gasteiger partial charge in [0.2, 0.25) is 0 Å². The largest absolute Gasteiger partial charge is 0.502 e. The normalized spacial score (nSPS) is 10.1. The Hall–Kier alpha value is -14.9. The Kier molecular flexibility index (Phi) is 34.7. The molecule has 8 aromatic carbocycles. The van der Waals surface area contributed by atoms with E-state index in [1.165, 1.54) is 89.1 Å². The summed E-state index contributed by atoms with van der Waals surface area (Å²) in [4.78, 5) is 141. The standard InChI is InChI=1S/C18H18N2O6.C18H20N2O4.C11H13NO5.C10H11NO5.C8H7NO5.C7H5NO5/c1-11(2)26-16-10-13(6-9-15(16)20(23)24)17(21)19-14-7-4-12(5-8-14)18(22)25-3;1-11(2)24-16-10-13(6-9-15(16)19)17(21)20-14-7-4-12(5-8-14)18(22)23-3;1-7(2)17-10-6-8(11(13)16-3)4-5-9(10)12(14)15;1-6(2)16-9-5-7(10(12)13)3-4-8(9)11(14)15;1-14-8(11)5-2-3-6(9(12)13)7(10)4-5;9-6-3-4(7(10)11)1-2-5(6)8(12)13/h4-11H,1-3H3,(H,19,21);4-11H,19H2,1-3H3,(H,20,21);4-7H,1-3H3;3-6H,1-2H3,(H,12,13);2-4,10H,1H3;1-3,9H,(H,10,11). The number of nitrogens with one attached hydrogen (secondary N) is 2. The van der Waals surface area contributed by atoms with E-state index in [2.05, 4.69) is 29.6 Å². The smallest absolute Gasteiger partial charge is 0.337 e. The topological polar surface area (TPSA) is 557 Å². The van der Waals surface area contributed by atoms with Crippen molar-refractivity contribution >= 4 is 93.1 Å². The lowest BCUT2D eigenvalue weighted by Crippen LogP contribution is -2.14. The molecule has 2 amide bonds. The molecule has 0 aromatic heterocycles. The fourth-order valence-corrected chi connectivity index (χ4v) is 8.35. The Labute approximate surface area is 624 Å². The predicted molar refractivity (Wildman–Crippen MR) is 391 cm³/mol. The Morgan fingerprint density at radius 1 is 0.327 bits per heavy atom. The first-order chi connectivity index (χ1) is 51.7. The minimum absolute atomic E-state index is 0.0266. The lowest BCUT2D eigenvalue weighted by atomic mass is 10.1. The number of nitro benzene ring substituents is 5. The molecule has 0 aliphatic carbocycles. The van der Waals surface area contributed by atoms with Gasteiger partial charge in [-0.3, -0.25) is 60.2 Å². The quantitative estimate of drug-likeness (QED) is 0.0103. The SMILES string of the molecule is CC(C)Oc1cc(C(=O)O)ccc1[N+](=O)[O-].COC(=O)c1ccc(NC(=O)c2ccc(N)c(OC(C)C)c2)cc1.COC(=O)c1ccc(NC(=O)c2ccc([N+](=O)[O-])c(OC(C)C)c2)cc1.COC(=O)c1ccc([N+](=O)[O-])c(O)c1.COC(=O)c1ccc([N+](=O)[O-])c(OC(C)C)c1.O=C(O)c1ccc([N+](=O)[O-])c(O)c1. The molecule has 0 bridgehead atoms. The Balaban J connectivity index is 0.000000349. The molecule has 38 nitrogen and oxygen atoms in total. The van der Waals surface area contributed by atoms with Crippen LogP contribution in [0, 0.1) is 50.6 Å². The molecule has 0 saturated heterocycles. The molecule has 0 aliphatic heterocycles. The Morgan fingerprint density at radius 3 is 0.855 bits per heavy atom. The number of carboxylic acid groups (broad SMARTS) is 2. The first-order valence-corrected chi connectivity index (χ1v) is 31.7. The van der Waals surface area contributed by atoms with Gasteiger partial charge in [0.15, 0.2) is 28.7 Å². The van der Waals surface area contributed by atoms with Crippen LogP contribution in [0.2, 0.25) is 0 Å². The number of benzene rings is 8. The molecule has 582 valence electrons. The van der Waals surface area contributed by atoms with Crippen LogP contribution < -0.4 is 35.3 Å². The van der Waals surface area contributed by atoms with E-state index in [9.17, 15) is 88.9 Å². The van der Waals surface area contributed by atoms with E-state index in [1.807, 2.05) is 13.8 Å². The minimum atomic E-state index is -1.25. The first-order valence-electron chi connectivity index (χ1n) is 31.7. The molecule has 0 saturated carbocycles. The molecule has 0 unspecified atom stereocenters. The number of phenolic OH excluding ortho intramolecular Hbond substituents is 2. The summed E-state index contributed by atoms with van der Waals surface area (Å²) in [5.41, 5.74) is 7.23. The number of hydrogen-bond acceptors (Lipinski definition) is 29. The van der Waals surface area contributed by atoms with Crippen molar-refractivity contribution in [1.82, 2.24) is 0 Å². The third-order valence-electron chi connectivity index (χ3n) is 13.3. The van der Waals surface area contributed by atoms with Crippen molar-refractivity contribution in [3.05, 3.63) is 253 Å². The van der Waals surface area contributed by atoms with Crippen molar-refractivity contribution in [2.45, 2.75) is 79.8 Å². The summed E-state index contributed by atoms with van der Waals surface area (Å²) >= 11 is 0. The summed E-state index contributed by atoms with van der Waals surface area (Å²) in [6.07, 6.45) is -0.807. The number of carboxylic acids is 2. The second kappa shape index (κ2) is 42.8. The highest BCUT2D eigenvalue weighted by Crippen LogP contribution is 2.33. The number of aromatic hydroxyl groups is 2. The Bertz CT molecular complexity index is 4680. The number of methoxy groups -OCH3 is 4. The van der Waals surface area contributed by atoms with E-state index in [-0.39, 0.29) is 92.5 Å². The number of nitro groups is 5. The summed E-state index contributed by atoms with van der Waals surface area (Å²) in [5.74, 6) is -5.95. The van der Waals surface area contributed by atoms with Gasteiger partial charge in [0.05, 0.1) is 117 Å². The molecule has 0 atom stereocenters. The second-order valence-corrected chi connectivity index (χ2v) is 22.8. The number of hydrogen-bond donors (Lipinski definition) is 7. The third-order valence-corrected chi connectivity index (χ3v) is 13.3. The number of anilines is 3. The molecule has 8 rings (SSSR count). The van der Waals surface area contributed by atoms with Gasteiger partial charge in [-0.25, -0.2) is 28.8 Å². The van der Waals surface area contributed by atoms with Gasteiger partial charge in [0.1, 0.15) is 5.75 Å². The van der Waals surface area contributed by atoms with Gasteiger partial charge in [0, 0.05) is 83.2 Å². The highest BCUT2D eigenvalue weighted by molar-refractivity contribution is 6.06. The number of nitrogens with two attached hydrogens (primary N) is 1. The average molecular weight is 1530 g/mol. The zero-order valence-electron chi connectivity index (χ0n) is 60.5. The van der Waals surface area contributed by atoms with Crippen molar-refractivity contribution < 1.29 is 121 Å². The van der Waals surface area contributed by atoms with Crippen molar-refractivity contribution in [2.24, 2.45) is 0 Å². The van der Waals surface area contributed by atoms with Gasteiger partial charge < -0.3 is 74.7 Å². The molecule has 0 fully saturated rings. The van der Waals surface area contributed by atoms with E-state index in [0.717, 1.165) is 42.5 Å². The number of ether oxygens (including phenoxy) is 8. The van der Waals surface area contributed by atoms with E-state index in [4.69, 9.17) is 45.1 Å². The number of phenols is 2. The zero-order chi connectivity index (χ0) is 83.0. The van der Waals surface area contributed by atoms with Crippen LogP contribution >= 0.6 is 0 Å². The summed E-state index contributed by atoms with van der Waals surface area (Å²) < 4.78 is 39.6. The summed E-state index contributed by atoms with van der Waals surface area (Å²) in [6.45, 7) is 14.1. The fourth-order valence-electron chi connectivity index (χ4n) is 8.35. The molecule has 110 heavy (non-hydrogen) atoms. The fraction of sp³-hybridized carbons (Fsp3) is 0.222. The number of esters is 4. The van der Waals surface area contributed by atoms with E-state index in [0.29, 0.717) is 39.5 Å². The molecular formula is C72H74N8O30. The lowest BCUT2D eigenvalue weighted by Gasteiger charge is -2.13. The van der Waals surface area contributed by atoms with E-state index < -0.39 is 89.2 Å². The second-order valence-electron chi connectivity index (χ2n) is 22.8. The lowest BCUT2D eigenvalue weighted by molar-refractivity contribution is -0.386. The molecule has 38 heteroatoms. The van der Waals surface area contributed by atoms with Gasteiger partial charge in [-0.05, 0) is 152 Å². The van der Waals surface area contributed by atoms with Gasteiger partial charge in [-0.2, -0.15) is 0 Å². The molecule has 8 aromatic rings. The summed E-state index contributed by atoms with van der Waals surface area (Å²) in [6, 6.07) is 34.7.